The summed E-state index contributed by atoms with van der Waals surface area (Å²) in [6.07, 6.45) is 0. The van der Waals surface area contributed by atoms with Crippen molar-refractivity contribution in [1.82, 2.24) is 0 Å². The quantitative estimate of drug-likeness (QED) is 0.366. The van der Waals surface area contributed by atoms with Crippen LogP contribution in [0.1, 0.15) is 0 Å². The van der Waals surface area contributed by atoms with Gasteiger partial charge in [0.15, 0.2) is 0 Å². The second kappa shape index (κ2) is 13.2. The molecule has 0 aliphatic carbocycles. The summed E-state index contributed by atoms with van der Waals surface area (Å²) in [5, 5.41) is 15.2. The minimum atomic E-state index is -4.64. The first-order valence-corrected chi connectivity index (χ1v) is 3.48. The summed E-state index contributed by atoms with van der Waals surface area (Å²) in [7, 11) is -4.64. The Kier molecular flexibility index (Phi) is 27.1. The molecule has 0 heterocycles. The van der Waals surface area contributed by atoms with Crippen molar-refractivity contribution in [3.05, 3.63) is 0 Å². The Bertz CT molecular complexity index is 82.3. The normalized spacial score (nSPS) is 8.09. The van der Waals surface area contributed by atoms with Gasteiger partial charge in [0.25, 0.3) is 0 Å². The second-order valence-corrected chi connectivity index (χ2v) is 1.99. The van der Waals surface area contributed by atoms with Gasteiger partial charge in [-0.2, -0.15) is 0 Å². The lowest BCUT2D eigenvalue weighted by molar-refractivity contribution is 0.186. The number of phosphoric acid groups is 1. The van der Waals surface area contributed by atoms with Gasteiger partial charge in [-0.1, -0.05) is 0 Å². The smallest absolute Gasteiger partial charge is 0.394 e. The van der Waals surface area contributed by atoms with Crippen LogP contribution in [0.4, 0.5) is 0 Å². The van der Waals surface area contributed by atoms with E-state index in [9.17, 15) is 0 Å². The fourth-order valence-electron chi connectivity index (χ4n) is 0. The molecule has 0 aromatic heterocycles. The van der Waals surface area contributed by atoms with Crippen LogP contribution < -0.4 is 0 Å². The van der Waals surface area contributed by atoms with Crippen LogP contribution in [0.25, 0.3) is 0 Å². The minimum Gasteiger partial charge on any atom is -0.394 e. The van der Waals surface area contributed by atoms with Gasteiger partial charge in [-0.25, -0.2) is 4.57 Å². The molecular formula is C2H11Cl2O6P. The highest BCUT2D eigenvalue weighted by Crippen LogP contribution is 2.25. The Labute approximate surface area is 75.9 Å². The standard InChI is InChI=1S/C2H6O2.2ClH.H3O4P/c3-1-2-4;;;1-5(2,3)4/h3-4H,1-2H2;2*1H;(H3,1,2,3,4). The van der Waals surface area contributed by atoms with Crippen molar-refractivity contribution in [3.8, 4) is 0 Å². The lowest BCUT2D eigenvalue weighted by Crippen LogP contribution is -1.85. The van der Waals surface area contributed by atoms with Gasteiger partial charge in [0.05, 0.1) is 13.2 Å². The number of halogens is 2. The summed E-state index contributed by atoms with van der Waals surface area (Å²) in [5.74, 6) is 0. The zero-order chi connectivity index (χ0) is 7.91. The molecule has 11 heavy (non-hydrogen) atoms. The summed E-state index contributed by atoms with van der Waals surface area (Å²) in [6.45, 7) is -0.250. The van der Waals surface area contributed by atoms with E-state index in [1.54, 1.807) is 0 Å². The van der Waals surface area contributed by atoms with Crippen LogP contribution in [0.3, 0.4) is 0 Å². The molecule has 0 atom stereocenters. The molecule has 0 saturated heterocycles. The van der Waals surface area contributed by atoms with Gasteiger partial charge >= 0.3 is 7.82 Å². The number of aliphatic hydroxyl groups is 2. The Balaban J connectivity index is -0.0000000383. The molecule has 0 aliphatic rings. The highest BCUT2D eigenvalue weighted by atomic mass is 35.5. The molecule has 0 bridgehead atoms. The molecule has 0 fully saturated rings. The Hall–Kier alpha value is 0.610. The van der Waals surface area contributed by atoms with E-state index >= 15 is 0 Å². The van der Waals surface area contributed by atoms with Crippen LogP contribution >= 0.6 is 32.6 Å². The zero-order valence-corrected chi connectivity index (χ0v) is 7.85. The topological polar surface area (TPSA) is 118 Å². The van der Waals surface area contributed by atoms with Crippen molar-refractivity contribution in [3.63, 3.8) is 0 Å². The fourth-order valence-corrected chi connectivity index (χ4v) is 0. The monoisotopic (exact) mass is 232 g/mol. The molecule has 9 heteroatoms. The first-order chi connectivity index (χ1) is 3.91. The SMILES string of the molecule is Cl.Cl.O=P(O)(O)O.OCCO. The number of hydrogen-bond acceptors (Lipinski definition) is 3. The van der Waals surface area contributed by atoms with Crippen molar-refractivity contribution >= 4 is 32.6 Å². The van der Waals surface area contributed by atoms with Crippen LogP contribution in [-0.4, -0.2) is 38.1 Å². The number of rotatable bonds is 1. The van der Waals surface area contributed by atoms with Crippen LogP contribution in [0.2, 0.25) is 0 Å². The molecule has 0 rings (SSSR count). The highest BCUT2D eigenvalue weighted by Gasteiger charge is 2.00. The third kappa shape index (κ3) is 303. The van der Waals surface area contributed by atoms with Gasteiger partial charge in [-0.3, -0.25) is 0 Å². The molecule has 0 unspecified atom stereocenters. The van der Waals surface area contributed by atoms with Crippen LogP contribution in [0.15, 0.2) is 0 Å². The highest BCUT2D eigenvalue weighted by molar-refractivity contribution is 7.45. The van der Waals surface area contributed by atoms with Crippen molar-refractivity contribution in [1.29, 1.82) is 0 Å². The van der Waals surface area contributed by atoms with E-state index in [4.69, 9.17) is 29.5 Å². The molecule has 0 amide bonds. The largest absolute Gasteiger partial charge is 0.466 e. The average molecular weight is 233 g/mol. The average Bonchev–Trinajstić information content (AvgIpc) is 1.61. The molecule has 6 nitrogen and oxygen atoms in total. The van der Waals surface area contributed by atoms with Gasteiger partial charge in [-0.05, 0) is 0 Å². The van der Waals surface area contributed by atoms with Crippen LogP contribution in [-0.2, 0) is 4.57 Å². The molecule has 0 radical (unpaired) electrons. The summed E-state index contributed by atoms with van der Waals surface area (Å²) < 4.78 is 8.88. The predicted molar refractivity (Wildman–Crippen MR) is 42.9 cm³/mol. The Morgan fingerprint density at radius 1 is 0.909 bits per heavy atom. The van der Waals surface area contributed by atoms with E-state index in [1.165, 1.54) is 0 Å². The van der Waals surface area contributed by atoms with E-state index in [0.717, 1.165) is 0 Å². The van der Waals surface area contributed by atoms with Crippen molar-refractivity contribution in [2.45, 2.75) is 0 Å². The lowest BCUT2D eigenvalue weighted by Gasteiger charge is -1.82. The van der Waals surface area contributed by atoms with Crippen LogP contribution in [0, 0.1) is 0 Å². The minimum absolute atomic E-state index is 0. The van der Waals surface area contributed by atoms with Crippen molar-refractivity contribution < 1.29 is 29.5 Å². The first kappa shape index (κ1) is 22.6. The summed E-state index contributed by atoms with van der Waals surface area (Å²) in [5.41, 5.74) is 0. The lowest BCUT2D eigenvalue weighted by atomic mass is 10.8. The molecule has 0 aliphatic heterocycles. The number of aliphatic hydroxyl groups excluding tert-OH is 2. The third-order valence-electron chi connectivity index (χ3n) is 0.1000. The van der Waals surface area contributed by atoms with Gasteiger partial charge in [0.2, 0.25) is 0 Å². The number of hydrogen-bond donors (Lipinski definition) is 5. The maximum atomic E-state index is 8.88. The van der Waals surface area contributed by atoms with Crippen molar-refractivity contribution in [2.75, 3.05) is 13.2 Å². The van der Waals surface area contributed by atoms with E-state index in [2.05, 4.69) is 0 Å². The van der Waals surface area contributed by atoms with Gasteiger partial charge < -0.3 is 24.9 Å². The molecular weight excluding hydrogens is 222 g/mol. The summed E-state index contributed by atoms with van der Waals surface area (Å²) in [6, 6.07) is 0. The molecule has 0 spiro atoms. The van der Waals surface area contributed by atoms with Gasteiger partial charge in [0, 0.05) is 0 Å². The van der Waals surface area contributed by atoms with Crippen LogP contribution in [0.5, 0.6) is 0 Å². The maximum Gasteiger partial charge on any atom is 0.466 e. The van der Waals surface area contributed by atoms with E-state index in [-0.39, 0.29) is 38.0 Å². The van der Waals surface area contributed by atoms with Gasteiger partial charge in [0.1, 0.15) is 0 Å². The maximum absolute atomic E-state index is 8.88. The molecule has 0 aromatic rings. The summed E-state index contributed by atoms with van der Waals surface area (Å²) >= 11 is 0. The van der Waals surface area contributed by atoms with E-state index in [1.807, 2.05) is 0 Å². The summed E-state index contributed by atoms with van der Waals surface area (Å²) in [4.78, 5) is 21.6. The predicted octanol–water partition coefficient (Wildman–Crippen LogP) is -1.11. The molecule has 0 saturated carbocycles. The first-order valence-electron chi connectivity index (χ1n) is 1.92. The molecule has 74 valence electrons. The zero-order valence-electron chi connectivity index (χ0n) is 5.32. The van der Waals surface area contributed by atoms with Gasteiger partial charge in [-0.15, -0.1) is 24.8 Å². The molecule has 5 N–H and O–H groups in total. The Morgan fingerprint density at radius 2 is 1.00 bits per heavy atom. The fraction of sp³-hybridized carbons (Fsp3) is 1.00. The van der Waals surface area contributed by atoms with E-state index in [0.29, 0.717) is 0 Å². The molecule has 0 aromatic carbocycles. The van der Waals surface area contributed by atoms with E-state index < -0.39 is 7.82 Å². The second-order valence-electron chi connectivity index (χ2n) is 0.960. The third-order valence-corrected chi connectivity index (χ3v) is 0.1000. The Morgan fingerprint density at radius 3 is 1.00 bits per heavy atom. The van der Waals surface area contributed by atoms with Crippen molar-refractivity contribution in [2.24, 2.45) is 0 Å².